The van der Waals surface area contributed by atoms with E-state index in [9.17, 15) is 18.0 Å². The van der Waals surface area contributed by atoms with Gasteiger partial charge in [0, 0.05) is 7.05 Å². The minimum absolute atomic E-state index is 0.145. The zero-order valence-corrected chi connectivity index (χ0v) is 15.8. The molecule has 1 aromatic carbocycles. The van der Waals surface area contributed by atoms with E-state index in [0.717, 1.165) is 12.1 Å². The number of benzene rings is 1. The number of nitrogens with zero attached hydrogens (tertiary/aromatic N) is 4. The molecule has 1 N–H and O–H groups in total. The van der Waals surface area contributed by atoms with Crippen LogP contribution in [-0.4, -0.2) is 44.4 Å². The van der Waals surface area contributed by atoms with E-state index in [1.807, 2.05) is 0 Å². The first kappa shape index (κ1) is 20.1. The molecular weight excluding hydrogens is 375 g/mol. The Morgan fingerprint density at radius 3 is 2.79 bits per heavy atom. The van der Waals surface area contributed by atoms with Crippen LogP contribution in [0, 0.1) is 0 Å². The number of hydrogen-bond acceptors (Lipinski definition) is 4. The van der Waals surface area contributed by atoms with Crippen LogP contribution in [0.1, 0.15) is 36.9 Å². The highest BCUT2D eigenvalue weighted by atomic mass is 19.4. The molecule has 7 nitrogen and oxygen atoms in total. The van der Waals surface area contributed by atoms with E-state index < -0.39 is 23.4 Å². The molecule has 1 aliphatic rings. The molecule has 2 amide bonds. The highest BCUT2D eigenvalue weighted by molar-refractivity contribution is 5.74. The largest absolute Gasteiger partial charge is 0.416 e. The van der Waals surface area contributed by atoms with Crippen LogP contribution in [0.5, 0.6) is 0 Å². The minimum Gasteiger partial charge on any atom is -0.364 e. The monoisotopic (exact) mass is 397 g/mol. The van der Waals surface area contributed by atoms with Crippen molar-refractivity contribution in [2.75, 3.05) is 13.1 Å². The van der Waals surface area contributed by atoms with Crippen LogP contribution in [0.2, 0.25) is 0 Å². The van der Waals surface area contributed by atoms with Gasteiger partial charge in [-0.05, 0) is 31.5 Å². The lowest BCUT2D eigenvalue weighted by Crippen LogP contribution is -2.54. The van der Waals surface area contributed by atoms with Crippen LogP contribution >= 0.6 is 0 Å². The van der Waals surface area contributed by atoms with E-state index >= 15 is 0 Å². The van der Waals surface area contributed by atoms with Crippen LogP contribution in [0.4, 0.5) is 18.0 Å². The fourth-order valence-corrected chi connectivity index (χ4v) is 3.16. The van der Waals surface area contributed by atoms with E-state index in [-0.39, 0.29) is 19.1 Å². The second-order valence-electron chi connectivity index (χ2n) is 7.36. The first-order valence-corrected chi connectivity index (χ1v) is 8.76. The number of amides is 2. The number of rotatable bonds is 3. The number of alkyl halides is 3. The summed E-state index contributed by atoms with van der Waals surface area (Å²) in [5.74, 6) is 0.470. The standard InChI is InChI=1S/C18H22F3N5O2/c1-17(2)10-26(16(27)22-8-15-23-11-25(3)24-15)9-14(28-17)12-5-4-6-13(7-12)18(19,20)21/h4-7,11,14H,8-10H2,1-3H3,(H,22,27). The van der Waals surface area contributed by atoms with Crippen molar-refractivity contribution < 1.29 is 22.7 Å². The zero-order valence-electron chi connectivity index (χ0n) is 15.8. The number of aryl methyl sites for hydroxylation is 1. The summed E-state index contributed by atoms with van der Waals surface area (Å²) in [5.41, 5.74) is -1.07. The molecule has 1 fully saturated rings. The summed E-state index contributed by atoms with van der Waals surface area (Å²) >= 11 is 0. The maximum atomic E-state index is 13.0. The molecule has 0 spiro atoms. The maximum Gasteiger partial charge on any atom is 0.416 e. The van der Waals surface area contributed by atoms with Crippen molar-refractivity contribution in [1.82, 2.24) is 25.0 Å². The summed E-state index contributed by atoms with van der Waals surface area (Å²) in [5, 5.41) is 6.83. The Hall–Kier alpha value is -2.62. The average Bonchev–Trinajstić information content (AvgIpc) is 3.03. The maximum absolute atomic E-state index is 13.0. The number of morpholine rings is 1. The number of urea groups is 1. The van der Waals surface area contributed by atoms with Gasteiger partial charge in [0.15, 0.2) is 5.82 Å². The topological polar surface area (TPSA) is 72.3 Å². The molecule has 1 aliphatic heterocycles. The fraction of sp³-hybridized carbons (Fsp3) is 0.500. The van der Waals surface area contributed by atoms with E-state index in [1.54, 1.807) is 27.0 Å². The van der Waals surface area contributed by atoms with Crippen LogP contribution in [0.3, 0.4) is 0 Å². The summed E-state index contributed by atoms with van der Waals surface area (Å²) in [4.78, 5) is 18.2. The van der Waals surface area contributed by atoms with Gasteiger partial charge in [0.05, 0.1) is 30.8 Å². The number of carbonyl (C=O) groups excluding carboxylic acids is 1. The second-order valence-corrected chi connectivity index (χ2v) is 7.36. The molecule has 0 saturated carbocycles. The zero-order chi connectivity index (χ0) is 20.5. The van der Waals surface area contributed by atoms with Crippen molar-refractivity contribution in [3.05, 3.63) is 47.5 Å². The number of halogens is 3. The molecular formula is C18H22F3N5O2. The van der Waals surface area contributed by atoms with Gasteiger partial charge >= 0.3 is 12.2 Å². The third kappa shape index (κ3) is 4.80. The number of hydrogen-bond donors (Lipinski definition) is 1. The highest BCUT2D eigenvalue weighted by Crippen LogP contribution is 2.35. The lowest BCUT2D eigenvalue weighted by molar-refractivity contribution is -0.138. The van der Waals surface area contributed by atoms with Gasteiger partial charge in [0.25, 0.3) is 0 Å². The quantitative estimate of drug-likeness (QED) is 0.865. The van der Waals surface area contributed by atoms with Crippen LogP contribution < -0.4 is 5.32 Å². The lowest BCUT2D eigenvalue weighted by atomic mass is 10.00. The molecule has 1 unspecified atom stereocenters. The summed E-state index contributed by atoms with van der Waals surface area (Å²) in [7, 11) is 1.72. The normalized spacial score (nSPS) is 19.5. The van der Waals surface area contributed by atoms with Crippen molar-refractivity contribution in [3.8, 4) is 0 Å². The van der Waals surface area contributed by atoms with E-state index in [1.165, 1.54) is 22.0 Å². The molecule has 152 valence electrons. The van der Waals surface area contributed by atoms with Crippen molar-refractivity contribution in [2.24, 2.45) is 7.05 Å². The third-order valence-electron chi connectivity index (χ3n) is 4.34. The van der Waals surface area contributed by atoms with E-state index in [0.29, 0.717) is 17.9 Å². The van der Waals surface area contributed by atoms with Crippen molar-refractivity contribution in [2.45, 2.75) is 38.3 Å². The number of aromatic nitrogens is 3. The molecule has 28 heavy (non-hydrogen) atoms. The Morgan fingerprint density at radius 1 is 1.39 bits per heavy atom. The van der Waals surface area contributed by atoms with Crippen molar-refractivity contribution >= 4 is 6.03 Å². The molecule has 1 atom stereocenters. The minimum atomic E-state index is -4.44. The van der Waals surface area contributed by atoms with Gasteiger partial charge < -0.3 is 15.0 Å². The smallest absolute Gasteiger partial charge is 0.364 e. The molecule has 10 heteroatoms. The Kier molecular flexibility index (Phi) is 5.33. The molecule has 2 aromatic rings. The molecule has 2 heterocycles. The molecule has 0 bridgehead atoms. The Labute approximate surface area is 160 Å². The van der Waals surface area contributed by atoms with Crippen molar-refractivity contribution in [3.63, 3.8) is 0 Å². The molecule has 3 rings (SSSR count). The first-order chi connectivity index (χ1) is 13.0. The fourth-order valence-electron chi connectivity index (χ4n) is 3.16. The number of carbonyl (C=O) groups is 1. The summed E-state index contributed by atoms with van der Waals surface area (Å²) in [6.45, 7) is 4.21. The van der Waals surface area contributed by atoms with Crippen molar-refractivity contribution in [1.29, 1.82) is 0 Å². The second kappa shape index (κ2) is 7.42. The number of ether oxygens (including phenoxy) is 1. The van der Waals surface area contributed by atoms with Gasteiger partial charge in [-0.1, -0.05) is 12.1 Å². The first-order valence-electron chi connectivity index (χ1n) is 8.76. The van der Waals surface area contributed by atoms with Crippen LogP contribution in [0.15, 0.2) is 30.6 Å². The van der Waals surface area contributed by atoms with Gasteiger partial charge in [-0.25, -0.2) is 9.78 Å². The summed E-state index contributed by atoms with van der Waals surface area (Å²) in [6, 6.07) is 4.66. The summed E-state index contributed by atoms with van der Waals surface area (Å²) < 4.78 is 46.6. The predicted molar refractivity (Wildman–Crippen MR) is 94.2 cm³/mol. The summed E-state index contributed by atoms with van der Waals surface area (Å²) in [6.07, 6.45) is -3.57. The average molecular weight is 397 g/mol. The third-order valence-corrected chi connectivity index (χ3v) is 4.34. The Bertz CT molecular complexity index is 850. The molecule has 0 radical (unpaired) electrons. The van der Waals surface area contributed by atoms with Crippen LogP contribution in [0.25, 0.3) is 0 Å². The molecule has 1 aromatic heterocycles. The molecule has 1 saturated heterocycles. The van der Waals surface area contributed by atoms with Gasteiger partial charge in [-0.3, -0.25) is 4.68 Å². The van der Waals surface area contributed by atoms with Gasteiger partial charge in [0.1, 0.15) is 12.4 Å². The Morgan fingerprint density at radius 2 is 2.14 bits per heavy atom. The van der Waals surface area contributed by atoms with Gasteiger partial charge in [0.2, 0.25) is 0 Å². The predicted octanol–water partition coefficient (Wildman–Crippen LogP) is 2.90. The van der Waals surface area contributed by atoms with Gasteiger partial charge in [-0.15, -0.1) is 0 Å². The van der Waals surface area contributed by atoms with Gasteiger partial charge in [-0.2, -0.15) is 18.3 Å². The Balaban J connectivity index is 1.73. The van der Waals surface area contributed by atoms with E-state index in [2.05, 4.69) is 15.4 Å². The van der Waals surface area contributed by atoms with E-state index in [4.69, 9.17) is 4.74 Å². The molecule has 0 aliphatic carbocycles. The SMILES string of the molecule is Cn1cnc(CNC(=O)N2CC(c3cccc(C(F)(F)F)c3)OC(C)(C)C2)n1. The highest BCUT2D eigenvalue weighted by Gasteiger charge is 2.37. The number of nitrogens with one attached hydrogen (secondary N) is 1. The van der Waals surface area contributed by atoms with Crippen LogP contribution in [-0.2, 0) is 24.5 Å². The lowest BCUT2D eigenvalue weighted by Gasteiger charge is -2.43.